The van der Waals surface area contributed by atoms with E-state index in [0.717, 1.165) is 71.2 Å². The number of nitrogens with zero attached hydrogens (tertiary/aromatic N) is 3. The van der Waals surface area contributed by atoms with Gasteiger partial charge in [-0.15, -0.1) is 24.0 Å². The summed E-state index contributed by atoms with van der Waals surface area (Å²) in [6.45, 7) is 6.04. The number of carbonyl (C=O) groups is 1. The molecule has 1 amide bonds. The van der Waals surface area contributed by atoms with Gasteiger partial charge in [-0.25, -0.2) is 0 Å². The maximum absolute atomic E-state index is 11.5. The van der Waals surface area contributed by atoms with Gasteiger partial charge in [0.1, 0.15) is 0 Å². The summed E-state index contributed by atoms with van der Waals surface area (Å²) >= 11 is 0. The Morgan fingerprint density at radius 1 is 1.37 bits per heavy atom. The van der Waals surface area contributed by atoms with Crippen molar-refractivity contribution in [1.29, 1.82) is 0 Å². The molecule has 2 atom stereocenters. The second-order valence-corrected chi connectivity index (χ2v) is 8.31. The fourth-order valence-corrected chi connectivity index (χ4v) is 4.29. The maximum atomic E-state index is 11.5. The number of amides is 1. The summed E-state index contributed by atoms with van der Waals surface area (Å²) in [4.78, 5) is 20.5. The number of nitrogens with two attached hydrogens (primary N) is 1. The van der Waals surface area contributed by atoms with Crippen LogP contribution in [0.2, 0.25) is 0 Å². The number of aliphatic imine (C=N–C) groups is 1. The summed E-state index contributed by atoms with van der Waals surface area (Å²) in [6.07, 6.45) is 3.06. The van der Waals surface area contributed by atoms with Crippen molar-refractivity contribution in [2.75, 3.05) is 46.9 Å². The number of piperidine rings is 1. The van der Waals surface area contributed by atoms with Crippen LogP contribution in [0.3, 0.4) is 0 Å². The van der Waals surface area contributed by atoms with E-state index >= 15 is 0 Å². The van der Waals surface area contributed by atoms with Crippen molar-refractivity contribution in [1.82, 2.24) is 15.1 Å². The van der Waals surface area contributed by atoms with E-state index in [0.29, 0.717) is 5.92 Å². The molecule has 2 fully saturated rings. The first-order valence-corrected chi connectivity index (χ1v) is 10.6. The fraction of sp³-hybridized carbons (Fsp3) is 0.636. The summed E-state index contributed by atoms with van der Waals surface area (Å²) in [6, 6.07) is 8.62. The van der Waals surface area contributed by atoms with Gasteiger partial charge < -0.3 is 20.7 Å². The predicted molar refractivity (Wildman–Crippen MR) is 131 cm³/mol. The highest BCUT2D eigenvalue weighted by atomic mass is 127. The van der Waals surface area contributed by atoms with Crippen LogP contribution in [0.1, 0.15) is 30.4 Å². The molecule has 0 radical (unpaired) electrons. The third kappa shape index (κ3) is 7.39. The molecule has 168 valence electrons. The zero-order valence-corrected chi connectivity index (χ0v) is 20.5. The number of ether oxygens (including phenoxy) is 1. The lowest BCUT2D eigenvalue weighted by Gasteiger charge is -2.31. The maximum Gasteiger partial charge on any atom is 0.221 e. The van der Waals surface area contributed by atoms with Gasteiger partial charge in [0.15, 0.2) is 5.96 Å². The smallest absolute Gasteiger partial charge is 0.221 e. The molecule has 1 aromatic rings. The normalized spacial score (nSPS) is 22.4. The van der Waals surface area contributed by atoms with E-state index in [4.69, 9.17) is 10.5 Å². The van der Waals surface area contributed by atoms with E-state index in [2.05, 4.69) is 51.4 Å². The Bertz CT molecular complexity index is 709. The fourth-order valence-electron chi connectivity index (χ4n) is 4.29. The Morgan fingerprint density at radius 2 is 2.17 bits per heavy atom. The number of likely N-dealkylation sites (tertiary alicyclic amines) is 1. The van der Waals surface area contributed by atoms with Gasteiger partial charge >= 0.3 is 0 Å². The summed E-state index contributed by atoms with van der Waals surface area (Å²) < 4.78 is 5.48. The summed E-state index contributed by atoms with van der Waals surface area (Å²) in [5.41, 5.74) is 8.00. The molecule has 1 aromatic carbocycles. The van der Waals surface area contributed by atoms with Crippen LogP contribution in [0.15, 0.2) is 29.3 Å². The van der Waals surface area contributed by atoms with E-state index < -0.39 is 0 Å². The Morgan fingerprint density at radius 3 is 2.87 bits per heavy atom. The number of rotatable bonds is 7. The van der Waals surface area contributed by atoms with Gasteiger partial charge in [0, 0.05) is 52.8 Å². The Balaban J connectivity index is 0.00000320. The van der Waals surface area contributed by atoms with Crippen LogP contribution < -0.4 is 11.1 Å². The lowest BCUT2D eigenvalue weighted by atomic mass is 9.97. The molecule has 3 N–H and O–H groups in total. The first-order chi connectivity index (χ1) is 14.0. The lowest BCUT2D eigenvalue weighted by Crippen LogP contribution is -2.41. The second kappa shape index (κ2) is 12.5. The highest BCUT2D eigenvalue weighted by Gasteiger charge is 2.24. The highest BCUT2D eigenvalue weighted by molar-refractivity contribution is 14.0. The van der Waals surface area contributed by atoms with Crippen LogP contribution in [0.25, 0.3) is 0 Å². The average Bonchev–Trinajstić information content (AvgIpc) is 3.22. The van der Waals surface area contributed by atoms with Crippen molar-refractivity contribution in [2.45, 2.75) is 32.4 Å². The largest absolute Gasteiger partial charge is 0.381 e. The van der Waals surface area contributed by atoms with E-state index in [1.54, 1.807) is 0 Å². The van der Waals surface area contributed by atoms with Crippen molar-refractivity contribution in [3.05, 3.63) is 35.4 Å². The Kier molecular flexibility index (Phi) is 10.3. The van der Waals surface area contributed by atoms with Crippen molar-refractivity contribution in [2.24, 2.45) is 22.6 Å². The highest BCUT2D eigenvalue weighted by Crippen LogP contribution is 2.19. The zero-order valence-electron chi connectivity index (χ0n) is 18.2. The molecule has 8 heteroatoms. The average molecular weight is 529 g/mol. The molecule has 0 aliphatic carbocycles. The van der Waals surface area contributed by atoms with Crippen LogP contribution in [-0.2, 0) is 22.6 Å². The Labute approximate surface area is 197 Å². The molecule has 7 nitrogen and oxygen atoms in total. The quantitative estimate of drug-likeness (QED) is 0.321. The molecule has 2 saturated heterocycles. The molecule has 2 aliphatic rings. The molecule has 2 unspecified atom stereocenters. The molecule has 2 aliphatic heterocycles. The third-order valence-electron chi connectivity index (χ3n) is 5.89. The molecular formula is C22H36IN5O2. The van der Waals surface area contributed by atoms with Crippen LogP contribution in [-0.4, -0.2) is 68.6 Å². The minimum atomic E-state index is -0.174. The van der Waals surface area contributed by atoms with Gasteiger partial charge in [0.05, 0.1) is 12.5 Å². The van der Waals surface area contributed by atoms with E-state index in [-0.39, 0.29) is 35.8 Å². The number of carbonyl (C=O) groups excluding carboxylic acids is 1. The first kappa shape index (κ1) is 24.9. The number of benzene rings is 1. The summed E-state index contributed by atoms with van der Waals surface area (Å²) in [7, 11) is 3.90. The van der Waals surface area contributed by atoms with Crippen molar-refractivity contribution < 1.29 is 9.53 Å². The monoisotopic (exact) mass is 529 g/mol. The zero-order chi connectivity index (χ0) is 20.6. The van der Waals surface area contributed by atoms with E-state index in [1.165, 1.54) is 11.1 Å². The first-order valence-electron chi connectivity index (χ1n) is 10.6. The minimum Gasteiger partial charge on any atom is -0.381 e. The lowest BCUT2D eigenvalue weighted by molar-refractivity contribution is -0.123. The van der Waals surface area contributed by atoms with Crippen LogP contribution in [0.4, 0.5) is 0 Å². The predicted octanol–water partition coefficient (Wildman–Crippen LogP) is 2.05. The minimum absolute atomic E-state index is 0. The molecule has 0 saturated carbocycles. The number of halogens is 1. The molecule has 0 spiro atoms. The second-order valence-electron chi connectivity index (χ2n) is 8.31. The van der Waals surface area contributed by atoms with Gasteiger partial charge in [-0.1, -0.05) is 24.3 Å². The molecule has 3 rings (SSSR count). The number of primary amides is 1. The standard InChI is InChI=1S/C22H35N5O2.HI/c1-24-22(26(2)13-19-8-10-29-16-19)25-12-17-5-3-6-18(11-17)14-27-9-4-7-20(15-27)21(23)28;/h3,5-6,11,19-20H,4,7-10,12-16H2,1-2H3,(H2,23,28)(H,24,25);1H. The number of hydrogen-bond acceptors (Lipinski definition) is 4. The van der Waals surface area contributed by atoms with E-state index in [1.807, 2.05) is 7.05 Å². The topological polar surface area (TPSA) is 83.2 Å². The van der Waals surface area contributed by atoms with Gasteiger partial charge in [0.2, 0.25) is 5.91 Å². The molecular weight excluding hydrogens is 493 g/mol. The van der Waals surface area contributed by atoms with Gasteiger partial charge in [0.25, 0.3) is 0 Å². The Hall–Kier alpha value is -1.39. The molecule has 0 bridgehead atoms. The van der Waals surface area contributed by atoms with Crippen molar-refractivity contribution in [3.8, 4) is 0 Å². The van der Waals surface area contributed by atoms with Crippen molar-refractivity contribution in [3.63, 3.8) is 0 Å². The van der Waals surface area contributed by atoms with Crippen LogP contribution in [0.5, 0.6) is 0 Å². The van der Waals surface area contributed by atoms with Crippen LogP contribution >= 0.6 is 24.0 Å². The number of guanidine groups is 1. The molecule has 30 heavy (non-hydrogen) atoms. The molecule has 2 heterocycles. The van der Waals surface area contributed by atoms with Gasteiger partial charge in [-0.05, 0) is 36.9 Å². The number of nitrogens with one attached hydrogen (secondary N) is 1. The van der Waals surface area contributed by atoms with Crippen molar-refractivity contribution >= 4 is 35.8 Å². The third-order valence-corrected chi connectivity index (χ3v) is 5.89. The van der Waals surface area contributed by atoms with E-state index in [9.17, 15) is 4.79 Å². The molecule has 0 aromatic heterocycles. The summed E-state index contributed by atoms with van der Waals surface area (Å²) in [5.74, 6) is 1.29. The van der Waals surface area contributed by atoms with Crippen LogP contribution in [0, 0.1) is 11.8 Å². The summed E-state index contributed by atoms with van der Waals surface area (Å²) in [5, 5.41) is 3.47. The SMILES string of the molecule is CN=C(NCc1cccc(CN2CCCC(C(N)=O)C2)c1)N(C)CC1CCOC1.I. The van der Waals surface area contributed by atoms with Gasteiger partial charge in [-0.2, -0.15) is 0 Å². The number of hydrogen-bond donors (Lipinski definition) is 2. The van der Waals surface area contributed by atoms with Gasteiger partial charge in [-0.3, -0.25) is 14.7 Å².